The summed E-state index contributed by atoms with van der Waals surface area (Å²) in [4.78, 5) is 32.7. The minimum Gasteiger partial charge on any atom is -0.464 e. The summed E-state index contributed by atoms with van der Waals surface area (Å²) in [6.45, 7) is 3.53. The van der Waals surface area contributed by atoms with Gasteiger partial charge < -0.3 is 24.8 Å². The van der Waals surface area contributed by atoms with E-state index in [2.05, 4.69) is 15.2 Å². The molecule has 1 aromatic carbocycles. The highest BCUT2D eigenvalue weighted by Crippen LogP contribution is 2.32. The Morgan fingerprint density at radius 2 is 1.91 bits per heavy atom. The molecule has 3 rings (SSSR count). The van der Waals surface area contributed by atoms with Gasteiger partial charge >= 0.3 is 12.1 Å². The predicted octanol–water partition coefficient (Wildman–Crippen LogP) is 3.28. The highest BCUT2D eigenvalue weighted by atomic mass is 32.1. The largest absolute Gasteiger partial charge is 0.464 e. The van der Waals surface area contributed by atoms with Crippen LogP contribution in [0.25, 0.3) is 0 Å². The van der Waals surface area contributed by atoms with Gasteiger partial charge in [0, 0.05) is 12.7 Å². The molecular formula is C23H31N3O5S. The van der Waals surface area contributed by atoms with Crippen molar-refractivity contribution < 1.29 is 24.2 Å². The average molecular weight is 462 g/mol. The van der Waals surface area contributed by atoms with Gasteiger partial charge in [0.05, 0.1) is 17.0 Å². The molecule has 2 N–H and O–H groups in total. The van der Waals surface area contributed by atoms with Crippen molar-refractivity contribution in [2.75, 3.05) is 26.2 Å². The molecule has 0 bridgehead atoms. The second kappa shape index (κ2) is 11.9. The first kappa shape index (κ1) is 24.2. The number of likely N-dealkylation sites (tertiary alicyclic amines) is 1. The SMILES string of the molecule is CCOC(=O)C(CN1CCCCCC1)(NC(=O)OCc1ccccc1)C(O)c1cncs1. The van der Waals surface area contributed by atoms with Crippen LogP contribution in [-0.4, -0.2) is 58.8 Å². The molecule has 1 aliphatic rings. The Morgan fingerprint density at radius 1 is 1.19 bits per heavy atom. The molecule has 1 aromatic heterocycles. The van der Waals surface area contributed by atoms with Gasteiger partial charge in [0.25, 0.3) is 0 Å². The quantitative estimate of drug-likeness (QED) is 0.553. The van der Waals surface area contributed by atoms with Crippen LogP contribution in [0.3, 0.4) is 0 Å². The molecule has 2 unspecified atom stereocenters. The van der Waals surface area contributed by atoms with E-state index in [4.69, 9.17) is 9.47 Å². The molecule has 174 valence electrons. The van der Waals surface area contributed by atoms with Crippen LogP contribution in [0.1, 0.15) is 49.2 Å². The number of aromatic nitrogens is 1. The average Bonchev–Trinajstić information content (AvgIpc) is 3.22. The molecule has 0 spiro atoms. The van der Waals surface area contributed by atoms with E-state index in [-0.39, 0.29) is 19.8 Å². The number of nitrogens with one attached hydrogen (secondary N) is 1. The molecule has 0 radical (unpaired) electrons. The number of aliphatic hydroxyl groups excluding tert-OH is 1. The zero-order chi connectivity index (χ0) is 22.8. The fraction of sp³-hybridized carbons (Fsp3) is 0.522. The van der Waals surface area contributed by atoms with E-state index >= 15 is 0 Å². The summed E-state index contributed by atoms with van der Waals surface area (Å²) in [5, 5.41) is 14.0. The highest BCUT2D eigenvalue weighted by Gasteiger charge is 2.51. The third-order valence-electron chi connectivity index (χ3n) is 5.54. The number of alkyl carbamates (subject to hydrolysis) is 1. The maximum absolute atomic E-state index is 13.3. The van der Waals surface area contributed by atoms with Gasteiger partial charge in [-0.05, 0) is 38.4 Å². The zero-order valence-electron chi connectivity index (χ0n) is 18.4. The maximum Gasteiger partial charge on any atom is 0.408 e. The van der Waals surface area contributed by atoms with E-state index in [0.29, 0.717) is 4.88 Å². The highest BCUT2D eigenvalue weighted by molar-refractivity contribution is 7.09. The van der Waals surface area contributed by atoms with Crippen molar-refractivity contribution in [3.8, 4) is 0 Å². The molecule has 0 aliphatic carbocycles. The molecule has 2 aromatic rings. The van der Waals surface area contributed by atoms with Crippen molar-refractivity contribution in [2.45, 2.75) is 50.9 Å². The van der Waals surface area contributed by atoms with Crippen LogP contribution >= 0.6 is 11.3 Å². The number of nitrogens with zero attached hydrogens (tertiary/aromatic N) is 2. The number of amides is 1. The molecule has 1 amide bonds. The number of hydrogen-bond acceptors (Lipinski definition) is 8. The molecule has 1 fully saturated rings. The smallest absolute Gasteiger partial charge is 0.408 e. The van der Waals surface area contributed by atoms with Crippen LogP contribution in [0.4, 0.5) is 4.79 Å². The molecule has 0 saturated carbocycles. The van der Waals surface area contributed by atoms with E-state index in [1.54, 1.807) is 12.4 Å². The van der Waals surface area contributed by atoms with Gasteiger partial charge in [0.2, 0.25) is 0 Å². The van der Waals surface area contributed by atoms with E-state index in [1.165, 1.54) is 17.5 Å². The van der Waals surface area contributed by atoms with Crippen LogP contribution in [0.2, 0.25) is 0 Å². The summed E-state index contributed by atoms with van der Waals surface area (Å²) in [5.41, 5.74) is 0.675. The number of rotatable bonds is 9. The zero-order valence-corrected chi connectivity index (χ0v) is 19.2. The van der Waals surface area contributed by atoms with Crippen molar-refractivity contribution in [3.63, 3.8) is 0 Å². The summed E-state index contributed by atoms with van der Waals surface area (Å²) in [7, 11) is 0. The summed E-state index contributed by atoms with van der Waals surface area (Å²) in [5.74, 6) is -0.693. The first-order valence-corrected chi connectivity index (χ1v) is 11.9. The van der Waals surface area contributed by atoms with Crippen molar-refractivity contribution in [2.24, 2.45) is 0 Å². The monoisotopic (exact) mass is 461 g/mol. The summed E-state index contributed by atoms with van der Waals surface area (Å²) in [6.07, 6.45) is 3.60. The molecular weight excluding hydrogens is 430 g/mol. The summed E-state index contributed by atoms with van der Waals surface area (Å²) >= 11 is 1.22. The minimum absolute atomic E-state index is 0.0476. The van der Waals surface area contributed by atoms with Crippen molar-refractivity contribution in [1.82, 2.24) is 15.2 Å². The molecule has 1 aliphatic heterocycles. The fourth-order valence-corrected chi connectivity index (χ4v) is 4.57. The van der Waals surface area contributed by atoms with Gasteiger partial charge in [-0.15, -0.1) is 11.3 Å². The lowest BCUT2D eigenvalue weighted by molar-refractivity contribution is -0.158. The van der Waals surface area contributed by atoms with Gasteiger partial charge in [0.1, 0.15) is 12.7 Å². The molecule has 1 saturated heterocycles. The van der Waals surface area contributed by atoms with E-state index in [9.17, 15) is 14.7 Å². The summed E-state index contributed by atoms with van der Waals surface area (Å²) < 4.78 is 10.7. The number of hydrogen-bond donors (Lipinski definition) is 2. The molecule has 9 heteroatoms. The van der Waals surface area contributed by atoms with E-state index < -0.39 is 23.7 Å². The Morgan fingerprint density at radius 3 is 2.53 bits per heavy atom. The van der Waals surface area contributed by atoms with Crippen LogP contribution in [-0.2, 0) is 20.9 Å². The molecule has 8 nitrogen and oxygen atoms in total. The number of carbonyl (C=O) groups excluding carboxylic acids is 2. The second-order valence-electron chi connectivity index (χ2n) is 7.88. The number of esters is 1. The summed E-state index contributed by atoms with van der Waals surface area (Å²) in [6, 6.07) is 9.27. The Bertz CT molecular complexity index is 841. The van der Waals surface area contributed by atoms with Crippen LogP contribution in [0, 0.1) is 0 Å². The van der Waals surface area contributed by atoms with E-state index in [1.807, 2.05) is 30.3 Å². The Labute approximate surface area is 192 Å². The van der Waals surface area contributed by atoms with Crippen LogP contribution in [0.15, 0.2) is 42.0 Å². The standard InChI is InChI=1S/C23H31N3O5S/c1-2-30-21(28)23(20(27)19-14-24-17-32-19,16-26-12-8-3-4-9-13-26)25-22(29)31-15-18-10-6-5-7-11-18/h5-7,10-11,14,17,20,27H,2-4,8-9,12-13,15-16H2,1H3,(H,25,29). The lowest BCUT2D eigenvalue weighted by Crippen LogP contribution is -2.64. The van der Waals surface area contributed by atoms with Gasteiger partial charge in [-0.1, -0.05) is 43.2 Å². The molecule has 2 heterocycles. The number of ether oxygens (including phenoxy) is 2. The number of aliphatic hydroxyl groups is 1. The molecule has 2 atom stereocenters. The Balaban J connectivity index is 1.86. The van der Waals surface area contributed by atoms with Crippen molar-refractivity contribution in [3.05, 3.63) is 52.5 Å². The topological polar surface area (TPSA) is 101 Å². The normalized spacial score (nSPS) is 17.6. The number of thiazole rings is 1. The Kier molecular flexibility index (Phi) is 9.01. The van der Waals surface area contributed by atoms with Crippen LogP contribution in [0.5, 0.6) is 0 Å². The van der Waals surface area contributed by atoms with Gasteiger partial charge in [-0.2, -0.15) is 0 Å². The minimum atomic E-state index is -1.72. The van der Waals surface area contributed by atoms with Gasteiger partial charge in [-0.3, -0.25) is 4.98 Å². The lowest BCUT2D eigenvalue weighted by atomic mass is 9.90. The van der Waals surface area contributed by atoms with Gasteiger partial charge in [0.15, 0.2) is 5.54 Å². The number of benzene rings is 1. The lowest BCUT2D eigenvalue weighted by Gasteiger charge is -2.39. The number of carbonyl (C=O) groups is 2. The first-order valence-electron chi connectivity index (χ1n) is 11.0. The van der Waals surface area contributed by atoms with Gasteiger partial charge in [-0.25, -0.2) is 9.59 Å². The fourth-order valence-electron chi connectivity index (χ4n) is 3.87. The second-order valence-corrected chi connectivity index (χ2v) is 8.79. The molecule has 32 heavy (non-hydrogen) atoms. The van der Waals surface area contributed by atoms with Crippen molar-refractivity contribution in [1.29, 1.82) is 0 Å². The maximum atomic E-state index is 13.3. The predicted molar refractivity (Wildman–Crippen MR) is 121 cm³/mol. The van der Waals surface area contributed by atoms with Crippen LogP contribution < -0.4 is 5.32 Å². The van der Waals surface area contributed by atoms with E-state index in [0.717, 1.165) is 44.3 Å². The third kappa shape index (κ3) is 6.27. The first-order chi connectivity index (χ1) is 15.5. The Hall–Kier alpha value is -2.49. The third-order valence-corrected chi connectivity index (χ3v) is 6.36. The van der Waals surface area contributed by atoms with Crippen molar-refractivity contribution >= 4 is 23.4 Å².